The Hall–Kier alpha value is -7.02. The smallest absolute Gasteiger partial charge is 0.407 e. The third kappa shape index (κ3) is 11.2. The number of amides is 4. The summed E-state index contributed by atoms with van der Waals surface area (Å²) in [6.07, 6.45) is 4.55. The molecule has 6 aromatic rings. The standard InChI is InChI=1S/C60H76F2N10O6Si/c1-34(2)52(67-59(75)77-5)57(73)70-25-11-15-50(70)55-63-44-19-17-38(30-46(44)65-55)48-21-22-49(39-18-20-45-47(31-39)66-56(64-45)51-16-12-26-71(51)58(74)53(35(3)4)68-60(76)78-6)72(48)40-32-42(61)54(43(62)33-40)69-27-23-36(24-28-69)37-13-10-14-41(29-37)79(7,8)9/h10,13-14,17-20,29-36,48-53H,11-12,15-16,21-28H2,1-9H3,(H,63,65)(H,64,66)(H,67,75)(H,68,76)/t48-,49-,50-,51+,52+,53+/m1/s1. The van der Waals surface area contributed by atoms with E-state index in [1.165, 1.54) is 37.1 Å². The summed E-state index contributed by atoms with van der Waals surface area (Å²) in [5, 5.41) is 6.86. The van der Waals surface area contributed by atoms with Gasteiger partial charge in [-0.15, -0.1) is 0 Å². The molecule has 4 amide bonds. The van der Waals surface area contributed by atoms with E-state index in [1.807, 2.05) is 56.9 Å². The van der Waals surface area contributed by atoms with Gasteiger partial charge in [0.2, 0.25) is 11.8 Å². The molecular formula is C60H76F2N10O6Si. The molecule has 6 atom stereocenters. The number of hydrogen-bond acceptors (Lipinski definition) is 10. The summed E-state index contributed by atoms with van der Waals surface area (Å²) >= 11 is 0. The predicted molar refractivity (Wildman–Crippen MR) is 305 cm³/mol. The molecule has 0 saturated carbocycles. The van der Waals surface area contributed by atoms with Crippen LogP contribution in [-0.2, 0) is 19.1 Å². The zero-order valence-corrected chi connectivity index (χ0v) is 48.0. The third-order valence-corrected chi connectivity index (χ3v) is 19.1. The van der Waals surface area contributed by atoms with Gasteiger partial charge in [-0.25, -0.2) is 28.3 Å². The summed E-state index contributed by atoms with van der Waals surface area (Å²) in [4.78, 5) is 77.3. The van der Waals surface area contributed by atoms with Crippen molar-refractivity contribution in [3.8, 4) is 0 Å². The number of aromatic amines is 2. The molecule has 2 aromatic heterocycles. The Kier molecular flexibility index (Phi) is 15.8. The molecule has 79 heavy (non-hydrogen) atoms. The van der Waals surface area contributed by atoms with Gasteiger partial charge in [0.05, 0.1) is 68.5 Å². The molecule has 0 radical (unpaired) electrons. The molecule has 0 spiro atoms. The normalized spacial score (nSPS) is 20.9. The molecule has 0 aliphatic carbocycles. The second-order valence-corrected chi connectivity index (χ2v) is 28.9. The summed E-state index contributed by atoms with van der Waals surface area (Å²) in [6.45, 7) is 16.7. The average molecular weight is 1100 g/mol. The van der Waals surface area contributed by atoms with Crippen LogP contribution in [0.15, 0.2) is 72.8 Å². The van der Waals surface area contributed by atoms with E-state index in [-0.39, 0.29) is 53.5 Å². The highest BCUT2D eigenvalue weighted by Gasteiger charge is 2.41. The molecule has 420 valence electrons. The largest absolute Gasteiger partial charge is 0.453 e. The zero-order chi connectivity index (χ0) is 56.0. The summed E-state index contributed by atoms with van der Waals surface area (Å²) in [5.41, 5.74) is 6.62. The maximum atomic E-state index is 17.0. The summed E-state index contributed by atoms with van der Waals surface area (Å²) in [6, 6.07) is 21.3. The Morgan fingerprint density at radius 1 is 0.608 bits per heavy atom. The number of H-pyrrole nitrogens is 2. The lowest BCUT2D eigenvalue weighted by Gasteiger charge is -2.36. The quantitative estimate of drug-likeness (QED) is 0.0767. The number of imidazole rings is 2. The van der Waals surface area contributed by atoms with E-state index in [0.29, 0.717) is 75.1 Å². The van der Waals surface area contributed by atoms with E-state index in [9.17, 15) is 19.2 Å². The van der Waals surface area contributed by atoms with Crippen LogP contribution in [0.2, 0.25) is 19.6 Å². The van der Waals surface area contributed by atoms with Crippen LogP contribution >= 0.6 is 0 Å². The maximum Gasteiger partial charge on any atom is 0.407 e. The van der Waals surface area contributed by atoms with Gasteiger partial charge in [0.25, 0.3) is 0 Å². The number of hydrogen-bond donors (Lipinski definition) is 4. The minimum Gasteiger partial charge on any atom is -0.453 e. The van der Waals surface area contributed by atoms with E-state index in [2.05, 4.69) is 81.5 Å². The van der Waals surface area contributed by atoms with Crippen molar-refractivity contribution < 1.29 is 37.4 Å². The number of benzene rings is 4. The highest BCUT2D eigenvalue weighted by atomic mass is 28.3. The number of nitrogens with zero attached hydrogens (tertiary/aromatic N) is 6. The summed E-state index contributed by atoms with van der Waals surface area (Å²) in [5.74, 6) is -0.329. The van der Waals surface area contributed by atoms with Crippen LogP contribution in [0.3, 0.4) is 0 Å². The molecule has 4 N–H and O–H groups in total. The van der Waals surface area contributed by atoms with Crippen molar-refractivity contribution in [1.29, 1.82) is 0 Å². The molecule has 4 saturated heterocycles. The van der Waals surface area contributed by atoms with Crippen LogP contribution in [0.5, 0.6) is 0 Å². The molecule has 10 rings (SSSR count). The van der Waals surface area contributed by atoms with Crippen molar-refractivity contribution in [1.82, 2.24) is 40.4 Å². The van der Waals surface area contributed by atoms with Crippen LogP contribution in [0.25, 0.3) is 22.1 Å². The lowest BCUT2D eigenvalue weighted by molar-refractivity contribution is -0.136. The number of alkyl carbamates (subject to hydrolysis) is 2. The molecule has 0 unspecified atom stereocenters. The van der Waals surface area contributed by atoms with Crippen molar-refractivity contribution in [2.45, 2.75) is 141 Å². The number of likely N-dealkylation sites (tertiary alicyclic amines) is 2. The number of anilines is 2. The number of methoxy groups -OCH3 is 2. The Balaban J connectivity index is 0.962. The highest BCUT2D eigenvalue weighted by molar-refractivity contribution is 6.88. The topological polar surface area (TPSA) is 181 Å². The molecule has 4 fully saturated rings. The van der Waals surface area contributed by atoms with Gasteiger partial charge in [-0.1, -0.05) is 88.9 Å². The third-order valence-electron chi connectivity index (χ3n) is 17.0. The van der Waals surface area contributed by atoms with Crippen LogP contribution < -0.4 is 25.6 Å². The van der Waals surface area contributed by atoms with Crippen molar-refractivity contribution >= 4 is 70.7 Å². The Morgan fingerprint density at radius 2 is 1.09 bits per heavy atom. The average Bonchev–Trinajstić information content (AvgIpc) is 4.51. The lowest BCUT2D eigenvalue weighted by Crippen LogP contribution is -2.51. The Morgan fingerprint density at radius 3 is 1.53 bits per heavy atom. The predicted octanol–water partition coefficient (Wildman–Crippen LogP) is 10.8. The minimum atomic E-state index is -1.52. The Bertz CT molecular complexity index is 3070. The van der Waals surface area contributed by atoms with E-state index in [0.717, 1.165) is 58.9 Å². The molecule has 19 heteroatoms. The molecule has 4 aliphatic heterocycles. The first kappa shape index (κ1) is 55.3. The Labute approximate surface area is 462 Å². The highest BCUT2D eigenvalue weighted by Crippen LogP contribution is 2.49. The number of rotatable bonds is 14. The fourth-order valence-electron chi connectivity index (χ4n) is 12.7. The molecule has 6 heterocycles. The van der Waals surface area contributed by atoms with Gasteiger partial charge >= 0.3 is 12.2 Å². The van der Waals surface area contributed by atoms with Crippen LogP contribution in [0.1, 0.15) is 137 Å². The van der Waals surface area contributed by atoms with Crippen LogP contribution in [-0.4, -0.2) is 114 Å². The number of aromatic nitrogens is 4. The second-order valence-electron chi connectivity index (χ2n) is 23.8. The summed E-state index contributed by atoms with van der Waals surface area (Å²) in [7, 11) is 1.04. The first-order valence-corrected chi connectivity index (χ1v) is 31.7. The van der Waals surface area contributed by atoms with E-state index >= 15 is 8.78 Å². The van der Waals surface area contributed by atoms with Gasteiger partial charge in [0.1, 0.15) is 29.4 Å². The first-order valence-electron chi connectivity index (χ1n) is 28.2. The van der Waals surface area contributed by atoms with Gasteiger partial charge in [-0.05, 0) is 122 Å². The van der Waals surface area contributed by atoms with Gasteiger partial charge in [0, 0.05) is 31.9 Å². The van der Waals surface area contributed by atoms with E-state index in [1.54, 1.807) is 9.80 Å². The SMILES string of the molecule is COC(=O)N[C@H](C(=O)N1CCC[C@@H]1c1nc2ccc([C@H]3CC[C@H](c4ccc5nc([C@@H]6CCCN6C(=O)[C@@H](NC(=O)OC)C(C)C)[nH]c5c4)N3c3cc(F)c(N4CCC(c5cccc([Si](C)(C)C)c5)CC4)c(F)c3)cc2[nH]1)C(C)C. The fraction of sp³-hybridized carbons (Fsp3) is 0.500. The van der Waals surface area contributed by atoms with E-state index in [4.69, 9.17) is 19.4 Å². The molecular weight excluding hydrogens is 1020 g/mol. The molecule has 4 aromatic carbocycles. The number of fused-ring (bicyclic) bond motifs is 2. The molecule has 4 aliphatic rings. The maximum absolute atomic E-state index is 17.0. The second kappa shape index (κ2) is 22.6. The molecule has 0 bridgehead atoms. The number of halogens is 2. The van der Waals surface area contributed by atoms with Gasteiger partial charge in [-0.3, -0.25) is 9.59 Å². The first-order chi connectivity index (χ1) is 37.8. The number of carbonyl (C=O) groups excluding carboxylic acids is 4. The molecule has 16 nitrogen and oxygen atoms in total. The minimum absolute atomic E-state index is 0.00336. The van der Waals surface area contributed by atoms with E-state index < -0.39 is 44.0 Å². The van der Waals surface area contributed by atoms with Gasteiger partial charge in [0.15, 0.2) is 11.6 Å². The monoisotopic (exact) mass is 1100 g/mol. The fourth-order valence-corrected chi connectivity index (χ4v) is 13.9. The lowest BCUT2D eigenvalue weighted by atomic mass is 9.89. The summed E-state index contributed by atoms with van der Waals surface area (Å²) < 4.78 is 43.7. The van der Waals surface area contributed by atoms with Crippen molar-refractivity contribution in [3.63, 3.8) is 0 Å². The van der Waals surface area contributed by atoms with Gasteiger partial charge in [-0.2, -0.15) is 0 Å². The van der Waals surface area contributed by atoms with Crippen molar-refractivity contribution in [2.24, 2.45) is 11.8 Å². The number of nitrogens with one attached hydrogen (secondary N) is 4. The number of carbonyl (C=O) groups is 4. The number of piperidine rings is 1. The van der Waals surface area contributed by atoms with Gasteiger partial charge < -0.3 is 49.7 Å². The van der Waals surface area contributed by atoms with Crippen LogP contribution in [0, 0.1) is 23.5 Å². The van der Waals surface area contributed by atoms with Crippen molar-refractivity contribution in [2.75, 3.05) is 50.2 Å². The van der Waals surface area contributed by atoms with Crippen LogP contribution in [0.4, 0.5) is 29.7 Å². The zero-order valence-electron chi connectivity index (χ0n) is 47.0. The number of ether oxygens (including phenoxy) is 2. The van der Waals surface area contributed by atoms with Crippen molar-refractivity contribution in [3.05, 3.63) is 113 Å².